The van der Waals surface area contributed by atoms with Crippen molar-refractivity contribution in [1.29, 1.82) is 0 Å². The number of fused-ring (bicyclic) bond motifs is 2. The topological polar surface area (TPSA) is 35.2 Å². The van der Waals surface area contributed by atoms with Crippen LogP contribution >= 0.6 is 0 Å². The molecule has 0 bridgehead atoms. The molecule has 0 spiro atoms. The predicted molar refractivity (Wildman–Crippen MR) is 143 cm³/mol. The normalized spacial score (nSPS) is 12.4. The van der Waals surface area contributed by atoms with Gasteiger partial charge >= 0.3 is 0 Å². The molecule has 1 unspecified atom stereocenters. The van der Waals surface area contributed by atoms with Gasteiger partial charge in [0, 0.05) is 48.7 Å². The zero-order valence-electron chi connectivity index (χ0n) is 20.0. The predicted octanol–water partition coefficient (Wildman–Crippen LogP) is 6.46. The standard InChI is InChI=1S/C30H32N4/c1-33(19-10-20-34(2)30-18-17-24-13-6-8-15-27(24)32-30)29(21-23-11-4-3-5-12-23)26-22-31-28-16-9-7-14-25(26)28/h3-9,11-18,22,29,31H,10,19-21H2,1-2H3. The molecular weight excluding hydrogens is 416 g/mol. The number of anilines is 1. The van der Waals surface area contributed by atoms with Crippen molar-refractivity contribution < 1.29 is 0 Å². The minimum atomic E-state index is 0.308. The molecule has 0 aliphatic rings. The van der Waals surface area contributed by atoms with Gasteiger partial charge in [0.2, 0.25) is 0 Å². The SMILES string of the molecule is CN(CCCN(C)C(Cc1ccccc1)c1c[nH]c2ccccc12)c1ccc2ccccc2n1. The van der Waals surface area contributed by atoms with Crippen LogP contribution in [0.1, 0.15) is 23.6 Å². The highest BCUT2D eigenvalue weighted by molar-refractivity contribution is 5.83. The average molecular weight is 449 g/mol. The van der Waals surface area contributed by atoms with Crippen molar-refractivity contribution in [1.82, 2.24) is 14.9 Å². The van der Waals surface area contributed by atoms with Gasteiger partial charge in [0.05, 0.1) is 5.52 Å². The van der Waals surface area contributed by atoms with E-state index in [-0.39, 0.29) is 0 Å². The lowest BCUT2D eigenvalue weighted by Gasteiger charge is -2.29. The van der Waals surface area contributed by atoms with Crippen LogP contribution in [-0.4, -0.2) is 42.1 Å². The van der Waals surface area contributed by atoms with E-state index in [1.165, 1.54) is 27.4 Å². The number of nitrogens with zero attached hydrogens (tertiary/aromatic N) is 3. The number of hydrogen-bond donors (Lipinski definition) is 1. The fourth-order valence-corrected chi connectivity index (χ4v) is 4.81. The van der Waals surface area contributed by atoms with E-state index in [1.807, 2.05) is 6.07 Å². The molecule has 2 heterocycles. The van der Waals surface area contributed by atoms with E-state index in [1.54, 1.807) is 0 Å². The number of nitrogens with one attached hydrogen (secondary N) is 1. The van der Waals surface area contributed by atoms with Gasteiger partial charge in [0.1, 0.15) is 5.82 Å². The number of likely N-dealkylation sites (N-methyl/N-ethyl adjacent to an activating group) is 1. The molecule has 2 aromatic heterocycles. The molecule has 0 radical (unpaired) electrons. The first kappa shape index (κ1) is 22.2. The Bertz CT molecular complexity index is 1360. The van der Waals surface area contributed by atoms with Gasteiger partial charge in [-0.3, -0.25) is 4.90 Å². The molecule has 4 nitrogen and oxygen atoms in total. The molecule has 172 valence electrons. The minimum Gasteiger partial charge on any atom is -0.361 e. The molecule has 1 N–H and O–H groups in total. The van der Waals surface area contributed by atoms with Gasteiger partial charge < -0.3 is 9.88 Å². The summed E-state index contributed by atoms with van der Waals surface area (Å²) in [6.45, 7) is 1.97. The molecule has 5 rings (SSSR count). The van der Waals surface area contributed by atoms with E-state index in [9.17, 15) is 0 Å². The molecule has 0 saturated heterocycles. The van der Waals surface area contributed by atoms with Crippen LogP contribution in [0.4, 0.5) is 5.82 Å². The fourth-order valence-electron chi connectivity index (χ4n) is 4.81. The third kappa shape index (κ3) is 4.82. The van der Waals surface area contributed by atoms with Crippen molar-refractivity contribution in [3.63, 3.8) is 0 Å². The molecule has 4 heteroatoms. The molecule has 0 aliphatic carbocycles. The molecule has 5 aromatic rings. The summed E-state index contributed by atoms with van der Waals surface area (Å²) in [5.74, 6) is 1.03. The van der Waals surface area contributed by atoms with Crippen molar-refractivity contribution in [2.45, 2.75) is 18.9 Å². The van der Waals surface area contributed by atoms with Gasteiger partial charge in [0.25, 0.3) is 0 Å². The van der Waals surface area contributed by atoms with E-state index >= 15 is 0 Å². The second-order valence-electron chi connectivity index (χ2n) is 9.11. The molecule has 3 aromatic carbocycles. The van der Waals surface area contributed by atoms with Crippen molar-refractivity contribution in [3.05, 3.63) is 108 Å². The Labute approximate surface area is 201 Å². The third-order valence-corrected chi connectivity index (χ3v) is 6.76. The molecule has 0 aliphatic heterocycles. The Kier molecular flexibility index (Phi) is 6.59. The molecule has 0 fully saturated rings. The van der Waals surface area contributed by atoms with Crippen molar-refractivity contribution in [2.24, 2.45) is 0 Å². The highest BCUT2D eigenvalue weighted by Crippen LogP contribution is 2.30. The molecule has 0 saturated carbocycles. The summed E-state index contributed by atoms with van der Waals surface area (Å²) in [5, 5.41) is 2.50. The lowest BCUT2D eigenvalue weighted by Crippen LogP contribution is -2.30. The van der Waals surface area contributed by atoms with Gasteiger partial charge in [-0.15, -0.1) is 0 Å². The Morgan fingerprint density at radius 2 is 1.56 bits per heavy atom. The van der Waals surface area contributed by atoms with Gasteiger partial charge in [-0.05, 0) is 55.3 Å². The van der Waals surface area contributed by atoms with E-state index in [4.69, 9.17) is 4.98 Å². The Morgan fingerprint density at radius 3 is 2.44 bits per heavy atom. The van der Waals surface area contributed by atoms with E-state index in [2.05, 4.69) is 120 Å². The summed E-state index contributed by atoms with van der Waals surface area (Å²) in [6.07, 6.45) is 4.25. The van der Waals surface area contributed by atoms with Crippen molar-refractivity contribution >= 4 is 27.6 Å². The number of benzene rings is 3. The van der Waals surface area contributed by atoms with Crippen molar-refractivity contribution in [3.8, 4) is 0 Å². The van der Waals surface area contributed by atoms with Gasteiger partial charge in [-0.2, -0.15) is 0 Å². The number of rotatable bonds is 9. The van der Waals surface area contributed by atoms with Crippen LogP contribution in [0.25, 0.3) is 21.8 Å². The first-order valence-electron chi connectivity index (χ1n) is 12.1. The number of para-hydroxylation sites is 2. The largest absolute Gasteiger partial charge is 0.361 e. The first-order valence-corrected chi connectivity index (χ1v) is 12.1. The highest BCUT2D eigenvalue weighted by Gasteiger charge is 2.21. The molecule has 0 amide bonds. The van der Waals surface area contributed by atoms with E-state index < -0.39 is 0 Å². The second kappa shape index (κ2) is 10.1. The maximum Gasteiger partial charge on any atom is 0.128 e. The number of aromatic amines is 1. The summed E-state index contributed by atoms with van der Waals surface area (Å²) in [5.41, 5.74) is 4.98. The van der Waals surface area contributed by atoms with Crippen LogP contribution in [0.15, 0.2) is 97.2 Å². The lowest BCUT2D eigenvalue weighted by molar-refractivity contribution is 0.242. The van der Waals surface area contributed by atoms with Gasteiger partial charge in [-0.1, -0.05) is 66.7 Å². The number of hydrogen-bond acceptors (Lipinski definition) is 3. The average Bonchev–Trinajstić information content (AvgIpc) is 3.31. The fraction of sp³-hybridized carbons (Fsp3) is 0.233. The van der Waals surface area contributed by atoms with Crippen LogP contribution in [0, 0.1) is 0 Å². The highest BCUT2D eigenvalue weighted by atomic mass is 15.2. The molecule has 1 atom stereocenters. The Balaban J connectivity index is 1.29. The maximum atomic E-state index is 4.85. The lowest BCUT2D eigenvalue weighted by atomic mass is 9.97. The van der Waals surface area contributed by atoms with Crippen LogP contribution in [-0.2, 0) is 6.42 Å². The molecule has 34 heavy (non-hydrogen) atoms. The third-order valence-electron chi connectivity index (χ3n) is 6.76. The zero-order valence-corrected chi connectivity index (χ0v) is 20.0. The zero-order chi connectivity index (χ0) is 23.3. The van der Waals surface area contributed by atoms with E-state index in [0.717, 1.165) is 37.3 Å². The van der Waals surface area contributed by atoms with Gasteiger partial charge in [0.15, 0.2) is 0 Å². The number of aromatic nitrogens is 2. The number of H-pyrrole nitrogens is 1. The second-order valence-corrected chi connectivity index (χ2v) is 9.11. The Morgan fingerprint density at radius 1 is 0.794 bits per heavy atom. The van der Waals surface area contributed by atoms with Crippen molar-refractivity contribution in [2.75, 3.05) is 32.1 Å². The summed E-state index contributed by atoms with van der Waals surface area (Å²) in [4.78, 5) is 13.1. The summed E-state index contributed by atoms with van der Waals surface area (Å²) < 4.78 is 0. The Hall–Kier alpha value is -3.63. The first-order chi connectivity index (χ1) is 16.7. The summed E-state index contributed by atoms with van der Waals surface area (Å²) in [6, 6.07) is 32.3. The molecular formula is C30H32N4. The maximum absolute atomic E-state index is 4.85. The quantitative estimate of drug-likeness (QED) is 0.281. The smallest absolute Gasteiger partial charge is 0.128 e. The van der Waals surface area contributed by atoms with Crippen LogP contribution in [0.2, 0.25) is 0 Å². The van der Waals surface area contributed by atoms with Crippen LogP contribution in [0.3, 0.4) is 0 Å². The minimum absolute atomic E-state index is 0.308. The summed E-state index contributed by atoms with van der Waals surface area (Å²) in [7, 11) is 4.39. The van der Waals surface area contributed by atoms with Crippen LogP contribution < -0.4 is 4.90 Å². The van der Waals surface area contributed by atoms with Crippen LogP contribution in [0.5, 0.6) is 0 Å². The monoisotopic (exact) mass is 448 g/mol. The van der Waals surface area contributed by atoms with Gasteiger partial charge in [-0.25, -0.2) is 4.98 Å². The van der Waals surface area contributed by atoms with E-state index in [0.29, 0.717) is 6.04 Å². The number of pyridine rings is 1. The summed E-state index contributed by atoms with van der Waals surface area (Å²) >= 11 is 0.